The zero-order chi connectivity index (χ0) is 10.7. The van der Waals surface area contributed by atoms with Crippen molar-refractivity contribution in [1.29, 1.82) is 0 Å². The molecule has 0 atom stereocenters. The van der Waals surface area contributed by atoms with E-state index in [4.69, 9.17) is 0 Å². The number of hydrogen-bond donors (Lipinski definition) is 1. The largest absolute Gasteiger partial charge is 0.353 e. The number of amides is 1. The molecule has 0 bridgehead atoms. The molecule has 1 fully saturated rings. The van der Waals surface area contributed by atoms with Gasteiger partial charge in [0.2, 0.25) is 5.91 Å². The van der Waals surface area contributed by atoms with Gasteiger partial charge < -0.3 is 9.88 Å². The molecular formula is C11H14N2O2. The second-order valence-corrected chi connectivity index (χ2v) is 3.86. The third kappa shape index (κ3) is 3.23. The lowest BCUT2D eigenvalue weighted by atomic mass is 10.3. The number of aryl methyl sites for hydroxylation is 1. The molecule has 1 N–H and O–H groups in total. The van der Waals surface area contributed by atoms with Gasteiger partial charge in [0.25, 0.3) is 0 Å². The molecule has 2 rings (SSSR count). The van der Waals surface area contributed by atoms with Crippen LogP contribution in [0, 0.1) is 0 Å². The Balaban J connectivity index is 1.78. The van der Waals surface area contributed by atoms with Gasteiger partial charge in [0.1, 0.15) is 0 Å². The maximum Gasteiger partial charge on any atom is 0.222 e. The number of nitrogens with one attached hydrogen (secondary N) is 1. The summed E-state index contributed by atoms with van der Waals surface area (Å²) in [6.45, 7) is 0.624. The molecule has 0 saturated heterocycles. The highest BCUT2D eigenvalue weighted by molar-refractivity contribution is 5.76. The molecule has 0 unspecified atom stereocenters. The summed E-state index contributed by atoms with van der Waals surface area (Å²) in [5.74, 6) is 0.0937. The number of rotatable bonds is 4. The monoisotopic (exact) mass is 206 g/mol. The Labute approximate surface area is 87.9 Å². The smallest absolute Gasteiger partial charge is 0.222 e. The molecule has 15 heavy (non-hydrogen) atoms. The van der Waals surface area contributed by atoms with Crippen LogP contribution in [0.4, 0.5) is 0 Å². The van der Waals surface area contributed by atoms with E-state index in [0.717, 1.165) is 12.8 Å². The van der Waals surface area contributed by atoms with Crippen LogP contribution in [-0.2, 0) is 11.3 Å². The zero-order valence-corrected chi connectivity index (χ0v) is 8.48. The second kappa shape index (κ2) is 4.29. The standard InChI is InChI=1S/C11H14N2O2/c14-10-3-6-13(7-4-10)8-5-11(15)12-9-1-2-9/h3-4,6-7,9H,1-2,5,8H2,(H,12,15). The van der Waals surface area contributed by atoms with Gasteiger partial charge in [0.05, 0.1) is 0 Å². The van der Waals surface area contributed by atoms with Crippen molar-refractivity contribution in [3.63, 3.8) is 0 Å². The Morgan fingerprint density at radius 2 is 2.07 bits per heavy atom. The highest BCUT2D eigenvalue weighted by Crippen LogP contribution is 2.18. The van der Waals surface area contributed by atoms with E-state index in [-0.39, 0.29) is 11.3 Å². The van der Waals surface area contributed by atoms with Gasteiger partial charge in [-0.15, -0.1) is 0 Å². The van der Waals surface area contributed by atoms with E-state index in [9.17, 15) is 9.59 Å². The lowest BCUT2D eigenvalue weighted by Crippen LogP contribution is -2.26. The van der Waals surface area contributed by atoms with E-state index in [2.05, 4.69) is 5.32 Å². The predicted octanol–water partition coefficient (Wildman–Crippen LogP) is 0.517. The molecule has 1 aromatic rings. The Hall–Kier alpha value is -1.58. The van der Waals surface area contributed by atoms with E-state index in [1.54, 1.807) is 12.4 Å². The first kappa shape index (κ1) is 9.96. The number of carbonyl (C=O) groups is 1. The number of nitrogens with zero attached hydrogens (tertiary/aromatic N) is 1. The van der Waals surface area contributed by atoms with E-state index in [0.29, 0.717) is 19.0 Å². The first-order valence-electron chi connectivity index (χ1n) is 5.19. The average molecular weight is 206 g/mol. The number of hydrogen-bond acceptors (Lipinski definition) is 2. The van der Waals surface area contributed by atoms with Crippen LogP contribution < -0.4 is 10.7 Å². The highest BCUT2D eigenvalue weighted by Gasteiger charge is 2.22. The Bertz CT molecular complexity index is 387. The first-order chi connectivity index (χ1) is 7.24. The molecule has 0 aromatic carbocycles. The fourth-order valence-electron chi connectivity index (χ4n) is 1.35. The van der Waals surface area contributed by atoms with Gasteiger partial charge in [0, 0.05) is 43.5 Å². The molecule has 1 heterocycles. The van der Waals surface area contributed by atoms with Crippen molar-refractivity contribution in [2.75, 3.05) is 0 Å². The quantitative estimate of drug-likeness (QED) is 0.780. The third-order valence-electron chi connectivity index (χ3n) is 2.40. The van der Waals surface area contributed by atoms with Crippen molar-refractivity contribution >= 4 is 5.91 Å². The minimum atomic E-state index is -0.00585. The maximum absolute atomic E-state index is 11.3. The average Bonchev–Trinajstić information content (AvgIpc) is 3.01. The van der Waals surface area contributed by atoms with Gasteiger partial charge in [-0.25, -0.2) is 0 Å². The number of aromatic nitrogens is 1. The zero-order valence-electron chi connectivity index (χ0n) is 8.48. The molecule has 1 aliphatic carbocycles. The molecule has 1 saturated carbocycles. The molecule has 0 aliphatic heterocycles. The summed E-state index contributed by atoms with van der Waals surface area (Å²) in [5.41, 5.74) is -0.00585. The first-order valence-corrected chi connectivity index (χ1v) is 5.19. The van der Waals surface area contributed by atoms with Crippen LogP contribution in [0.3, 0.4) is 0 Å². The van der Waals surface area contributed by atoms with Crippen molar-refractivity contribution in [1.82, 2.24) is 9.88 Å². The van der Waals surface area contributed by atoms with Crippen LogP contribution in [0.2, 0.25) is 0 Å². The summed E-state index contributed by atoms with van der Waals surface area (Å²) in [7, 11) is 0. The minimum Gasteiger partial charge on any atom is -0.353 e. The molecule has 80 valence electrons. The predicted molar refractivity (Wildman–Crippen MR) is 56.5 cm³/mol. The van der Waals surface area contributed by atoms with E-state index in [1.165, 1.54) is 12.1 Å². The fraction of sp³-hybridized carbons (Fsp3) is 0.455. The third-order valence-corrected chi connectivity index (χ3v) is 2.40. The van der Waals surface area contributed by atoms with E-state index >= 15 is 0 Å². The van der Waals surface area contributed by atoms with Gasteiger partial charge in [-0.05, 0) is 12.8 Å². The van der Waals surface area contributed by atoms with Crippen LogP contribution in [0.1, 0.15) is 19.3 Å². The van der Waals surface area contributed by atoms with Crippen LogP contribution in [0.15, 0.2) is 29.3 Å². The molecule has 1 aromatic heterocycles. The molecule has 0 spiro atoms. The van der Waals surface area contributed by atoms with Crippen molar-refractivity contribution in [2.24, 2.45) is 0 Å². The molecule has 1 amide bonds. The molecule has 1 aliphatic rings. The summed E-state index contributed by atoms with van der Waals surface area (Å²) in [4.78, 5) is 22.2. The topological polar surface area (TPSA) is 51.1 Å². The number of pyridine rings is 1. The molecule has 4 nitrogen and oxygen atoms in total. The van der Waals surface area contributed by atoms with Crippen LogP contribution in [0.5, 0.6) is 0 Å². The molecule has 0 radical (unpaired) electrons. The Morgan fingerprint density at radius 3 is 2.67 bits per heavy atom. The van der Waals surface area contributed by atoms with Crippen molar-refractivity contribution in [3.05, 3.63) is 34.7 Å². The number of carbonyl (C=O) groups excluding carboxylic acids is 1. The van der Waals surface area contributed by atoms with Crippen LogP contribution in [-0.4, -0.2) is 16.5 Å². The molecule has 4 heteroatoms. The van der Waals surface area contributed by atoms with Crippen molar-refractivity contribution in [3.8, 4) is 0 Å². The lowest BCUT2D eigenvalue weighted by Gasteiger charge is -2.05. The van der Waals surface area contributed by atoms with E-state index in [1.807, 2.05) is 4.57 Å². The van der Waals surface area contributed by atoms with Gasteiger partial charge >= 0.3 is 0 Å². The summed E-state index contributed by atoms with van der Waals surface area (Å²) < 4.78 is 1.84. The summed E-state index contributed by atoms with van der Waals surface area (Å²) in [6.07, 6.45) is 6.10. The highest BCUT2D eigenvalue weighted by atomic mass is 16.1. The SMILES string of the molecule is O=C(CCn1ccc(=O)cc1)NC1CC1. The van der Waals surface area contributed by atoms with Gasteiger partial charge in [-0.1, -0.05) is 0 Å². The lowest BCUT2D eigenvalue weighted by molar-refractivity contribution is -0.121. The fourth-order valence-corrected chi connectivity index (χ4v) is 1.35. The summed E-state index contributed by atoms with van der Waals surface area (Å²) in [6, 6.07) is 3.42. The Morgan fingerprint density at radius 1 is 1.40 bits per heavy atom. The van der Waals surface area contributed by atoms with Gasteiger partial charge in [-0.2, -0.15) is 0 Å². The summed E-state index contributed by atoms with van der Waals surface area (Å²) >= 11 is 0. The van der Waals surface area contributed by atoms with Crippen LogP contribution >= 0.6 is 0 Å². The Kier molecular flexibility index (Phi) is 2.85. The van der Waals surface area contributed by atoms with Gasteiger partial charge in [0.15, 0.2) is 5.43 Å². The maximum atomic E-state index is 11.3. The molecular weight excluding hydrogens is 192 g/mol. The van der Waals surface area contributed by atoms with Crippen molar-refractivity contribution in [2.45, 2.75) is 31.8 Å². The van der Waals surface area contributed by atoms with Gasteiger partial charge in [-0.3, -0.25) is 9.59 Å². The van der Waals surface area contributed by atoms with E-state index < -0.39 is 0 Å². The van der Waals surface area contributed by atoms with Crippen molar-refractivity contribution < 1.29 is 4.79 Å². The second-order valence-electron chi connectivity index (χ2n) is 3.86. The summed E-state index contributed by atoms with van der Waals surface area (Å²) in [5, 5.41) is 2.92. The minimum absolute atomic E-state index is 0.00585. The normalized spacial score (nSPS) is 14.9. The van der Waals surface area contributed by atoms with Crippen LogP contribution in [0.25, 0.3) is 0 Å².